The van der Waals surface area contributed by atoms with Crippen LogP contribution < -0.4 is 5.32 Å². The molecule has 0 heterocycles. The number of benzene rings is 2. The van der Waals surface area contributed by atoms with Crippen molar-refractivity contribution >= 4 is 33.2 Å². The molecule has 1 amide bonds. The van der Waals surface area contributed by atoms with Gasteiger partial charge in [0.05, 0.1) is 6.26 Å². The maximum atomic E-state index is 12.1. The molecule has 0 atom stereocenters. The van der Waals surface area contributed by atoms with E-state index >= 15 is 0 Å². The zero-order valence-corrected chi connectivity index (χ0v) is 15.8. The fourth-order valence-corrected chi connectivity index (χ4v) is 3.25. The Morgan fingerprint density at radius 1 is 1.12 bits per heavy atom. The van der Waals surface area contributed by atoms with E-state index < -0.39 is 10.0 Å². The van der Waals surface area contributed by atoms with Crippen molar-refractivity contribution in [2.24, 2.45) is 0 Å². The maximum Gasteiger partial charge on any atom is 0.225 e. The van der Waals surface area contributed by atoms with Crippen LogP contribution in [-0.2, 0) is 21.4 Å². The fourth-order valence-electron chi connectivity index (χ4n) is 2.32. The number of hydrogen-bond donors (Lipinski definition) is 1. The lowest BCUT2D eigenvalue weighted by Gasteiger charge is -2.20. The normalized spacial score (nSPS) is 11.5. The molecule has 2 aromatic rings. The lowest BCUT2D eigenvalue weighted by Crippen LogP contribution is -2.32. The molecule has 0 fully saturated rings. The van der Waals surface area contributed by atoms with Crippen LogP contribution in [0.15, 0.2) is 48.5 Å². The van der Waals surface area contributed by atoms with Gasteiger partial charge in [-0.15, -0.1) is 0 Å². The van der Waals surface area contributed by atoms with Crippen molar-refractivity contribution in [1.82, 2.24) is 4.31 Å². The number of carbonyl (C=O) groups is 1. The molecule has 7 heteroatoms. The summed E-state index contributed by atoms with van der Waals surface area (Å²) in [4.78, 5) is 12.1. The number of hydrogen-bond acceptors (Lipinski definition) is 3. The molecule has 0 unspecified atom stereocenters. The molecule has 0 spiro atoms. The van der Waals surface area contributed by atoms with Gasteiger partial charge in [0, 0.05) is 30.2 Å². The van der Waals surface area contributed by atoms with Gasteiger partial charge in [-0.1, -0.05) is 35.9 Å². The van der Waals surface area contributed by atoms with Gasteiger partial charge in [-0.05, 0) is 42.3 Å². The van der Waals surface area contributed by atoms with Crippen molar-refractivity contribution in [3.8, 4) is 0 Å². The Bertz CT molecular complexity index is 836. The molecule has 0 saturated heterocycles. The number of sulfonamides is 1. The highest BCUT2D eigenvalue weighted by molar-refractivity contribution is 7.88. The highest BCUT2D eigenvalue weighted by Gasteiger charge is 2.19. The first-order chi connectivity index (χ1) is 11.8. The topological polar surface area (TPSA) is 66.5 Å². The molecule has 1 N–H and O–H groups in total. The summed E-state index contributed by atoms with van der Waals surface area (Å²) >= 11 is 5.80. The highest BCUT2D eigenvalue weighted by Crippen LogP contribution is 2.15. The molecular formula is C18H21ClN2O3S. The molecule has 25 heavy (non-hydrogen) atoms. The molecule has 0 aliphatic heterocycles. The molecule has 134 valence electrons. The smallest absolute Gasteiger partial charge is 0.225 e. The summed E-state index contributed by atoms with van der Waals surface area (Å²) in [6, 6.07) is 14.4. The Labute approximate surface area is 153 Å². The van der Waals surface area contributed by atoms with Crippen molar-refractivity contribution in [2.75, 3.05) is 18.1 Å². The highest BCUT2D eigenvalue weighted by atomic mass is 35.5. The molecule has 0 aromatic heterocycles. The van der Waals surface area contributed by atoms with Gasteiger partial charge >= 0.3 is 0 Å². The molecule has 0 aliphatic rings. The largest absolute Gasteiger partial charge is 0.326 e. The number of amides is 1. The third-order valence-corrected chi connectivity index (χ3v) is 5.29. The summed E-state index contributed by atoms with van der Waals surface area (Å²) in [5.41, 5.74) is 2.56. The number of anilines is 1. The molecular weight excluding hydrogens is 360 g/mol. The first kappa shape index (κ1) is 19.4. The van der Waals surface area contributed by atoms with E-state index in [1.807, 2.05) is 31.2 Å². The van der Waals surface area contributed by atoms with Crippen LogP contribution in [0.1, 0.15) is 17.5 Å². The van der Waals surface area contributed by atoms with Crippen molar-refractivity contribution in [3.63, 3.8) is 0 Å². The van der Waals surface area contributed by atoms with Crippen LogP contribution in [0.25, 0.3) is 0 Å². The van der Waals surface area contributed by atoms with Crippen molar-refractivity contribution in [2.45, 2.75) is 19.9 Å². The van der Waals surface area contributed by atoms with Gasteiger partial charge in [0.15, 0.2) is 0 Å². The molecule has 0 bridgehead atoms. The van der Waals surface area contributed by atoms with Gasteiger partial charge < -0.3 is 5.32 Å². The van der Waals surface area contributed by atoms with E-state index in [4.69, 9.17) is 11.6 Å². The number of nitrogens with one attached hydrogen (secondary N) is 1. The number of carbonyl (C=O) groups excluding carboxylic acids is 1. The second-order valence-corrected chi connectivity index (χ2v) is 8.25. The zero-order chi connectivity index (χ0) is 18.4. The van der Waals surface area contributed by atoms with Crippen LogP contribution in [0.4, 0.5) is 5.69 Å². The molecule has 0 radical (unpaired) electrons. The standard InChI is InChI=1S/C18H21ClN2O3S/c1-14-5-3-4-6-15(14)13-21(25(2,23)24)12-11-18(22)20-17-9-7-16(19)8-10-17/h3-10H,11-13H2,1-2H3,(H,20,22). The number of nitrogens with zero attached hydrogens (tertiary/aromatic N) is 1. The molecule has 2 rings (SSSR count). The predicted octanol–water partition coefficient (Wildman–Crippen LogP) is 3.44. The third-order valence-electron chi connectivity index (χ3n) is 3.79. The van der Waals surface area contributed by atoms with E-state index in [-0.39, 0.29) is 25.4 Å². The van der Waals surface area contributed by atoms with Crippen LogP contribution in [-0.4, -0.2) is 31.4 Å². The van der Waals surface area contributed by atoms with Gasteiger partial charge in [0.2, 0.25) is 15.9 Å². The first-order valence-corrected chi connectivity index (χ1v) is 10.0. The van der Waals surface area contributed by atoms with Crippen LogP contribution >= 0.6 is 11.6 Å². The third kappa shape index (κ3) is 6.16. The van der Waals surface area contributed by atoms with E-state index in [0.717, 1.165) is 17.4 Å². The molecule has 2 aromatic carbocycles. The zero-order valence-electron chi connectivity index (χ0n) is 14.2. The lowest BCUT2D eigenvalue weighted by atomic mass is 10.1. The van der Waals surface area contributed by atoms with E-state index in [1.54, 1.807) is 24.3 Å². The number of rotatable bonds is 7. The van der Waals surface area contributed by atoms with E-state index in [1.165, 1.54) is 4.31 Å². The minimum atomic E-state index is -3.42. The van der Waals surface area contributed by atoms with Crippen molar-refractivity contribution < 1.29 is 13.2 Å². The van der Waals surface area contributed by atoms with E-state index in [0.29, 0.717) is 10.7 Å². The summed E-state index contributed by atoms with van der Waals surface area (Å²) in [5.74, 6) is -0.249. The summed E-state index contributed by atoms with van der Waals surface area (Å²) in [5, 5.41) is 3.31. The van der Waals surface area contributed by atoms with Crippen molar-refractivity contribution in [3.05, 3.63) is 64.7 Å². The SMILES string of the molecule is Cc1ccccc1CN(CCC(=O)Nc1ccc(Cl)cc1)S(C)(=O)=O. The summed E-state index contributed by atoms with van der Waals surface area (Å²) in [7, 11) is -3.42. The van der Waals surface area contributed by atoms with Crippen LogP contribution in [0, 0.1) is 6.92 Å². The average molecular weight is 381 g/mol. The van der Waals surface area contributed by atoms with Gasteiger partial charge in [-0.25, -0.2) is 8.42 Å². The van der Waals surface area contributed by atoms with Crippen LogP contribution in [0.2, 0.25) is 5.02 Å². The summed E-state index contributed by atoms with van der Waals surface area (Å²) in [6.45, 7) is 2.30. The minimum Gasteiger partial charge on any atom is -0.326 e. The average Bonchev–Trinajstić information content (AvgIpc) is 2.54. The molecule has 0 aliphatic carbocycles. The maximum absolute atomic E-state index is 12.1. The fraction of sp³-hybridized carbons (Fsp3) is 0.278. The van der Waals surface area contributed by atoms with Gasteiger partial charge in [0.25, 0.3) is 0 Å². The first-order valence-electron chi connectivity index (χ1n) is 7.81. The predicted molar refractivity (Wildman–Crippen MR) is 101 cm³/mol. The number of aryl methyl sites for hydroxylation is 1. The summed E-state index contributed by atoms with van der Waals surface area (Å²) < 4.78 is 25.4. The molecule has 5 nitrogen and oxygen atoms in total. The van der Waals surface area contributed by atoms with Crippen molar-refractivity contribution in [1.29, 1.82) is 0 Å². The van der Waals surface area contributed by atoms with Gasteiger partial charge in [0.1, 0.15) is 0 Å². The monoisotopic (exact) mass is 380 g/mol. The van der Waals surface area contributed by atoms with Gasteiger partial charge in [-0.2, -0.15) is 4.31 Å². The minimum absolute atomic E-state index is 0.0710. The molecule has 0 saturated carbocycles. The van der Waals surface area contributed by atoms with E-state index in [9.17, 15) is 13.2 Å². The van der Waals surface area contributed by atoms with Gasteiger partial charge in [-0.3, -0.25) is 4.79 Å². The number of halogens is 1. The Morgan fingerprint density at radius 2 is 1.76 bits per heavy atom. The quantitative estimate of drug-likeness (QED) is 0.800. The Balaban J connectivity index is 1.99. The van der Waals surface area contributed by atoms with Crippen LogP contribution in [0.5, 0.6) is 0 Å². The Kier molecular flexibility index (Phi) is 6.58. The van der Waals surface area contributed by atoms with Crippen LogP contribution in [0.3, 0.4) is 0 Å². The lowest BCUT2D eigenvalue weighted by molar-refractivity contribution is -0.116. The second kappa shape index (κ2) is 8.47. The Hall–Kier alpha value is -1.89. The summed E-state index contributed by atoms with van der Waals surface area (Å²) in [6.07, 6.45) is 1.23. The second-order valence-electron chi connectivity index (χ2n) is 5.83. The Morgan fingerprint density at radius 3 is 2.36 bits per heavy atom. The van der Waals surface area contributed by atoms with E-state index in [2.05, 4.69) is 5.32 Å².